The van der Waals surface area contributed by atoms with Crippen LogP contribution in [0, 0.1) is 5.82 Å². The summed E-state index contributed by atoms with van der Waals surface area (Å²) in [5, 5.41) is 0. The molecule has 0 bridgehead atoms. The second-order valence-corrected chi connectivity index (χ2v) is 1.95. The first kappa shape index (κ1) is 3.56. The van der Waals surface area contributed by atoms with E-state index in [1.807, 2.05) is 0 Å². The van der Waals surface area contributed by atoms with Gasteiger partial charge in [0.25, 0.3) is 0 Å². The zero-order valence-corrected chi connectivity index (χ0v) is 5.37. The van der Waals surface area contributed by atoms with Crippen LogP contribution in [0.1, 0.15) is 2.74 Å². The van der Waals surface area contributed by atoms with Crippen molar-refractivity contribution in [3.05, 3.63) is 28.7 Å². The first-order chi connectivity index (χ1) is 4.63. The molecule has 0 aromatic carbocycles. The van der Waals surface area contributed by atoms with Crippen LogP contribution in [0.4, 0.5) is 4.39 Å². The van der Waals surface area contributed by atoms with E-state index in [9.17, 15) is 4.39 Å². The lowest BCUT2D eigenvalue weighted by molar-refractivity contribution is 0.614. The Morgan fingerprint density at radius 1 is 1.88 bits per heavy atom. The van der Waals surface area contributed by atoms with E-state index in [2.05, 4.69) is 20.9 Å². The predicted octanol–water partition coefficient (Wildman–Crippen LogP) is 1.98. The number of pyridine rings is 1. The molecule has 1 aromatic rings. The summed E-state index contributed by atoms with van der Waals surface area (Å²) >= 11 is 2.81. The van der Waals surface area contributed by atoms with Gasteiger partial charge in [-0.3, -0.25) is 4.98 Å². The van der Waals surface area contributed by atoms with Crippen LogP contribution in [-0.4, -0.2) is 4.98 Å². The van der Waals surface area contributed by atoms with Crippen LogP contribution >= 0.6 is 15.9 Å². The van der Waals surface area contributed by atoms with Gasteiger partial charge in [-0.05, 0) is 22.0 Å². The van der Waals surface area contributed by atoms with Gasteiger partial charge in [0.05, 0.1) is 13.4 Å². The molecular weight excluding hydrogens is 173 g/mol. The zero-order chi connectivity index (χ0) is 7.72. The SMILES string of the molecule is [2H]c1ncc(F)c(Br)c1[2H]. The van der Waals surface area contributed by atoms with E-state index in [4.69, 9.17) is 2.74 Å². The normalized spacial score (nSPS) is 12.8. The van der Waals surface area contributed by atoms with Gasteiger partial charge in [-0.25, -0.2) is 4.39 Å². The Morgan fingerprint density at radius 2 is 2.62 bits per heavy atom. The molecule has 0 saturated carbocycles. The summed E-state index contributed by atoms with van der Waals surface area (Å²) in [6.45, 7) is 0. The Hall–Kier alpha value is -0.440. The van der Waals surface area contributed by atoms with E-state index in [1.165, 1.54) is 0 Å². The molecule has 1 aromatic heterocycles. The monoisotopic (exact) mass is 177 g/mol. The molecule has 0 spiro atoms. The molecule has 0 N–H and O–H groups in total. The van der Waals surface area contributed by atoms with Crippen molar-refractivity contribution < 1.29 is 7.13 Å². The highest BCUT2D eigenvalue weighted by atomic mass is 79.9. The van der Waals surface area contributed by atoms with E-state index in [1.54, 1.807) is 0 Å². The van der Waals surface area contributed by atoms with Crippen molar-refractivity contribution in [3.63, 3.8) is 0 Å². The second kappa shape index (κ2) is 2.22. The van der Waals surface area contributed by atoms with Crippen LogP contribution < -0.4 is 0 Å². The van der Waals surface area contributed by atoms with E-state index in [0.29, 0.717) is 0 Å². The standard InChI is InChI=1S/C5H3BrFN/c6-4-1-2-8-3-5(4)7/h1-3H/i1D,2D. The van der Waals surface area contributed by atoms with Gasteiger partial charge in [-0.2, -0.15) is 0 Å². The number of rotatable bonds is 0. The Kier molecular flexibility index (Phi) is 0.987. The molecule has 0 atom stereocenters. The molecule has 0 aliphatic carbocycles. The second-order valence-electron chi connectivity index (χ2n) is 1.16. The molecule has 1 nitrogen and oxygen atoms in total. The van der Waals surface area contributed by atoms with Crippen molar-refractivity contribution in [2.45, 2.75) is 0 Å². The third-order valence-corrected chi connectivity index (χ3v) is 1.19. The smallest absolute Gasteiger partial charge is 0.155 e. The molecule has 1 heterocycles. The number of hydrogen-bond donors (Lipinski definition) is 0. The quantitative estimate of drug-likeness (QED) is 0.591. The lowest BCUT2D eigenvalue weighted by Gasteiger charge is -1.86. The number of nitrogens with zero attached hydrogens (tertiary/aromatic N) is 1. The van der Waals surface area contributed by atoms with Gasteiger partial charge >= 0.3 is 0 Å². The number of aromatic nitrogens is 1. The first-order valence-electron chi connectivity index (χ1n) is 2.90. The molecule has 0 aliphatic heterocycles. The molecule has 0 aliphatic rings. The van der Waals surface area contributed by atoms with Gasteiger partial charge in [0.15, 0.2) is 5.82 Å². The number of hydrogen-bond acceptors (Lipinski definition) is 1. The third kappa shape index (κ3) is 1.04. The summed E-state index contributed by atoms with van der Waals surface area (Å²) in [4.78, 5) is 3.31. The molecule has 0 fully saturated rings. The lowest BCUT2D eigenvalue weighted by Crippen LogP contribution is -1.75. The van der Waals surface area contributed by atoms with Crippen LogP contribution in [0.5, 0.6) is 0 Å². The van der Waals surface area contributed by atoms with Gasteiger partial charge in [0.1, 0.15) is 0 Å². The summed E-state index contributed by atoms with van der Waals surface area (Å²) in [6, 6.07) is -0.222. The van der Waals surface area contributed by atoms with Crippen LogP contribution in [0.2, 0.25) is 0 Å². The highest BCUT2D eigenvalue weighted by Crippen LogP contribution is 2.10. The minimum atomic E-state index is -0.610. The topological polar surface area (TPSA) is 12.9 Å². The maximum Gasteiger partial charge on any atom is 0.155 e. The summed E-state index contributed by atoms with van der Waals surface area (Å²) in [6.07, 6.45) is 0.679. The van der Waals surface area contributed by atoms with Crippen molar-refractivity contribution in [1.82, 2.24) is 4.98 Å². The van der Waals surface area contributed by atoms with Gasteiger partial charge in [0.2, 0.25) is 0 Å². The van der Waals surface area contributed by atoms with Gasteiger partial charge < -0.3 is 0 Å². The van der Waals surface area contributed by atoms with Gasteiger partial charge in [-0.1, -0.05) is 0 Å². The van der Waals surface area contributed by atoms with E-state index < -0.39 is 5.82 Å². The highest BCUT2D eigenvalue weighted by Gasteiger charge is 1.92. The number of halogens is 2. The van der Waals surface area contributed by atoms with E-state index in [-0.39, 0.29) is 16.7 Å². The zero-order valence-electron chi connectivity index (χ0n) is 5.78. The minimum absolute atomic E-state index is 0.00694. The van der Waals surface area contributed by atoms with Crippen molar-refractivity contribution >= 4 is 15.9 Å². The predicted molar refractivity (Wildman–Crippen MR) is 31.9 cm³/mol. The Balaban J connectivity index is 3.34. The van der Waals surface area contributed by atoms with E-state index >= 15 is 0 Å². The largest absolute Gasteiger partial charge is 0.262 e. The van der Waals surface area contributed by atoms with Crippen LogP contribution in [0.15, 0.2) is 22.9 Å². The van der Waals surface area contributed by atoms with Crippen molar-refractivity contribution in [2.75, 3.05) is 0 Å². The average Bonchev–Trinajstić information content (AvgIpc) is 1.93. The highest BCUT2D eigenvalue weighted by molar-refractivity contribution is 9.10. The lowest BCUT2D eigenvalue weighted by atomic mass is 10.5. The molecule has 42 valence electrons. The molecule has 0 unspecified atom stereocenters. The summed E-state index contributed by atoms with van der Waals surface area (Å²) in [7, 11) is 0. The molecular formula is C5H3BrFN. The average molecular weight is 178 g/mol. The maximum atomic E-state index is 12.4. The molecule has 3 heteroatoms. The summed E-state index contributed by atoms with van der Waals surface area (Å²) < 4.78 is 26.4. The van der Waals surface area contributed by atoms with Gasteiger partial charge in [0, 0.05) is 6.17 Å². The van der Waals surface area contributed by atoms with Gasteiger partial charge in [-0.15, -0.1) is 0 Å². The fraction of sp³-hybridized carbons (Fsp3) is 0. The Labute approximate surface area is 57.5 Å². The fourth-order valence-electron chi connectivity index (χ4n) is 0.287. The fourth-order valence-corrected chi connectivity index (χ4v) is 0.478. The van der Waals surface area contributed by atoms with E-state index in [0.717, 1.165) is 6.20 Å². The van der Waals surface area contributed by atoms with Crippen molar-refractivity contribution in [2.24, 2.45) is 0 Å². The van der Waals surface area contributed by atoms with Crippen molar-refractivity contribution in [1.29, 1.82) is 0 Å². The molecule has 0 amide bonds. The summed E-state index contributed by atoms with van der Waals surface area (Å²) in [5.74, 6) is -0.610. The first-order valence-corrected chi connectivity index (χ1v) is 2.69. The van der Waals surface area contributed by atoms with Crippen LogP contribution in [0.25, 0.3) is 0 Å². The summed E-state index contributed by atoms with van der Waals surface area (Å²) in [5.41, 5.74) is 0. The third-order valence-electron chi connectivity index (χ3n) is 0.618. The molecule has 1 rings (SSSR count). The minimum Gasteiger partial charge on any atom is -0.262 e. The Bertz CT molecular complexity index is 239. The Morgan fingerprint density at radius 3 is 3.25 bits per heavy atom. The van der Waals surface area contributed by atoms with Crippen LogP contribution in [0.3, 0.4) is 0 Å². The van der Waals surface area contributed by atoms with Crippen LogP contribution in [-0.2, 0) is 0 Å². The maximum absolute atomic E-state index is 12.4. The molecule has 8 heavy (non-hydrogen) atoms. The molecule has 0 saturated heterocycles. The molecule has 0 radical (unpaired) electrons. The van der Waals surface area contributed by atoms with Crippen molar-refractivity contribution in [3.8, 4) is 0 Å².